The molecule has 1 heterocycles. The molecular formula is C15H24N2O3S. The van der Waals surface area contributed by atoms with Gasteiger partial charge in [-0.2, -0.15) is 0 Å². The van der Waals surface area contributed by atoms with Crippen LogP contribution in [0.15, 0.2) is 17.5 Å². The number of carboxylic acid groups (broad SMARTS) is 1. The van der Waals surface area contributed by atoms with Crippen molar-refractivity contribution in [3.8, 4) is 0 Å². The Hall–Kier alpha value is -1.56. The molecule has 0 spiro atoms. The van der Waals surface area contributed by atoms with Crippen LogP contribution in [0, 0.1) is 0 Å². The van der Waals surface area contributed by atoms with Crippen molar-refractivity contribution in [2.75, 3.05) is 20.1 Å². The summed E-state index contributed by atoms with van der Waals surface area (Å²) < 4.78 is 0. The minimum Gasteiger partial charge on any atom is -0.481 e. The lowest BCUT2D eigenvalue weighted by Crippen LogP contribution is -2.51. The normalized spacial score (nSPS) is 11.2. The van der Waals surface area contributed by atoms with Crippen molar-refractivity contribution in [1.29, 1.82) is 0 Å². The van der Waals surface area contributed by atoms with Crippen LogP contribution in [0.1, 0.15) is 32.1 Å². The predicted molar refractivity (Wildman–Crippen MR) is 84.8 cm³/mol. The van der Waals surface area contributed by atoms with Crippen molar-refractivity contribution in [1.82, 2.24) is 9.80 Å². The third-order valence-electron chi connectivity index (χ3n) is 3.19. The van der Waals surface area contributed by atoms with Crippen LogP contribution in [0.25, 0.3) is 0 Å². The maximum atomic E-state index is 12.5. The number of rotatable bonds is 6. The fraction of sp³-hybridized carbons (Fsp3) is 0.600. The maximum Gasteiger partial charge on any atom is 0.320 e. The molecule has 1 aromatic heterocycles. The van der Waals surface area contributed by atoms with Crippen molar-refractivity contribution in [3.05, 3.63) is 22.4 Å². The largest absolute Gasteiger partial charge is 0.481 e. The van der Waals surface area contributed by atoms with E-state index < -0.39 is 11.5 Å². The number of hydrogen-bond donors (Lipinski definition) is 1. The van der Waals surface area contributed by atoms with Crippen LogP contribution in [0.2, 0.25) is 0 Å². The number of hydrogen-bond acceptors (Lipinski definition) is 3. The molecule has 5 nitrogen and oxygen atoms in total. The van der Waals surface area contributed by atoms with E-state index in [1.807, 2.05) is 32.2 Å². The molecule has 1 aromatic rings. The van der Waals surface area contributed by atoms with Gasteiger partial charge in [-0.25, -0.2) is 4.79 Å². The number of carbonyl (C=O) groups is 2. The maximum absolute atomic E-state index is 12.5. The summed E-state index contributed by atoms with van der Waals surface area (Å²) in [6, 6.07) is 3.92. The van der Waals surface area contributed by atoms with E-state index in [2.05, 4.69) is 6.07 Å². The minimum absolute atomic E-state index is 0.0399. The highest BCUT2D eigenvalue weighted by molar-refractivity contribution is 7.09. The molecule has 0 saturated carbocycles. The molecule has 0 aromatic carbocycles. The Morgan fingerprint density at radius 1 is 1.29 bits per heavy atom. The van der Waals surface area contributed by atoms with Gasteiger partial charge in [0.15, 0.2) is 0 Å². The standard InChI is InChI=1S/C15H24N2O3S/c1-15(2,3)17(10-8-13(18)19)14(20)16(4)9-7-12-6-5-11-21-12/h5-6,11H,7-10H2,1-4H3,(H,18,19). The van der Waals surface area contributed by atoms with Crippen LogP contribution >= 0.6 is 11.3 Å². The highest BCUT2D eigenvalue weighted by atomic mass is 32.1. The monoisotopic (exact) mass is 312 g/mol. The Morgan fingerprint density at radius 2 is 1.95 bits per heavy atom. The second-order valence-corrected chi connectivity index (χ2v) is 7.03. The minimum atomic E-state index is -0.890. The van der Waals surface area contributed by atoms with E-state index in [0.29, 0.717) is 6.54 Å². The van der Waals surface area contributed by atoms with Gasteiger partial charge in [-0.15, -0.1) is 11.3 Å². The van der Waals surface area contributed by atoms with Gasteiger partial charge < -0.3 is 14.9 Å². The van der Waals surface area contributed by atoms with Crippen molar-refractivity contribution < 1.29 is 14.7 Å². The molecule has 21 heavy (non-hydrogen) atoms. The first kappa shape index (κ1) is 17.5. The van der Waals surface area contributed by atoms with Gasteiger partial charge in [0.25, 0.3) is 0 Å². The van der Waals surface area contributed by atoms with E-state index in [9.17, 15) is 9.59 Å². The van der Waals surface area contributed by atoms with Gasteiger partial charge in [-0.3, -0.25) is 4.79 Å². The molecule has 0 atom stereocenters. The van der Waals surface area contributed by atoms with Gasteiger partial charge in [-0.05, 0) is 38.6 Å². The van der Waals surface area contributed by atoms with Crippen LogP contribution in [0.3, 0.4) is 0 Å². The van der Waals surface area contributed by atoms with Crippen LogP contribution < -0.4 is 0 Å². The molecule has 118 valence electrons. The van der Waals surface area contributed by atoms with Crippen LogP contribution in [0.5, 0.6) is 0 Å². The van der Waals surface area contributed by atoms with E-state index in [0.717, 1.165) is 6.42 Å². The number of carboxylic acids is 1. The summed E-state index contributed by atoms with van der Waals surface area (Å²) >= 11 is 1.68. The van der Waals surface area contributed by atoms with E-state index in [-0.39, 0.29) is 19.0 Å². The lowest BCUT2D eigenvalue weighted by atomic mass is 10.1. The molecule has 2 amide bonds. The van der Waals surface area contributed by atoms with Crippen LogP contribution in [0.4, 0.5) is 4.79 Å². The molecule has 0 radical (unpaired) electrons. The molecule has 0 saturated heterocycles. The third-order valence-corrected chi connectivity index (χ3v) is 4.13. The highest BCUT2D eigenvalue weighted by Crippen LogP contribution is 2.17. The molecule has 1 rings (SSSR count). The summed E-state index contributed by atoms with van der Waals surface area (Å²) in [5.41, 5.74) is -0.399. The van der Waals surface area contributed by atoms with Crippen molar-refractivity contribution in [2.24, 2.45) is 0 Å². The zero-order valence-electron chi connectivity index (χ0n) is 13.1. The van der Waals surface area contributed by atoms with Crippen molar-refractivity contribution >= 4 is 23.3 Å². The predicted octanol–water partition coefficient (Wildman–Crippen LogP) is 2.92. The lowest BCUT2D eigenvalue weighted by Gasteiger charge is -2.38. The molecule has 0 fully saturated rings. The summed E-state index contributed by atoms with van der Waals surface area (Å²) in [4.78, 5) is 27.8. The van der Waals surface area contributed by atoms with E-state index in [4.69, 9.17) is 5.11 Å². The Morgan fingerprint density at radius 3 is 2.43 bits per heavy atom. The highest BCUT2D eigenvalue weighted by Gasteiger charge is 2.28. The fourth-order valence-electron chi connectivity index (χ4n) is 1.96. The Labute approximate surface area is 130 Å². The average Bonchev–Trinajstić information content (AvgIpc) is 2.86. The molecule has 0 unspecified atom stereocenters. The van der Waals surface area contributed by atoms with Crippen LogP contribution in [-0.2, 0) is 11.2 Å². The summed E-state index contributed by atoms with van der Waals surface area (Å²) in [5, 5.41) is 10.8. The first-order chi connectivity index (χ1) is 9.71. The van der Waals surface area contributed by atoms with E-state index >= 15 is 0 Å². The van der Waals surface area contributed by atoms with Crippen LogP contribution in [-0.4, -0.2) is 52.6 Å². The summed E-state index contributed by atoms with van der Waals surface area (Å²) in [5.74, 6) is -0.890. The zero-order valence-corrected chi connectivity index (χ0v) is 13.9. The first-order valence-corrected chi connectivity index (χ1v) is 7.86. The first-order valence-electron chi connectivity index (χ1n) is 6.98. The quantitative estimate of drug-likeness (QED) is 0.878. The second kappa shape index (κ2) is 7.45. The molecular weight excluding hydrogens is 288 g/mol. The van der Waals surface area contributed by atoms with Gasteiger partial charge >= 0.3 is 12.0 Å². The summed E-state index contributed by atoms with van der Waals surface area (Å²) in [6.45, 7) is 6.60. The summed E-state index contributed by atoms with van der Waals surface area (Å²) in [7, 11) is 1.76. The van der Waals surface area contributed by atoms with Gasteiger partial charge in [0.05, 0.1) is 6.42 Å². The van der Waals surface area contributed by atoms with Crippen molar-refractivity contribution in [3.63, 3.8) is 0 Å². The molecule has 0 bridgehead atoms. The van der Waals surface area contributed by atoms with Gasteiger partial charge in [0, 0.05) is 30.6 Å². The molecule has 0 aliphatic rings. The molecule has 1 N–H and O–H groups in total. The number of aliphatic carboxylic acids is 1. The smallest absolute Gasteiger partial charge is 0.320 e. The van der Waals surface area contributed by atoms with E-state index in [1.54, 1.807) is 28.2 Å². The second-order valence-electron chi connectivity index (χ2n) is 6.00. The van der Waals surface area contributed by atoms with Crippen molar-refractivity contribution in [2.45, 2.75) is 39.2 Å². The average molecular weight is 312 g/mol. The number of likely N-dealkylation sites (N-methyl/N-ethyl adjacent to an activating group) is 1. The number of amides is 2. The summed E-state index contributed by atoms with van der Waals surface area (Å²) in [6.07, 6.45) is 0.776. The molecule has 0 aliphatic carbocycles. The SMILES string of the molecule is CN(CCc1cccs1)C(=O)N(CCC(=O)O)C(C)(C)C. The van der Waals surface area contributed by atoms with Gasteiger partial charge in [-0.1, -0.05) is 6.07 Å². The zero-order chi connectivity index (χ0) is 16.0. The fourth-order valence-corrected chi connectivity index (χ4v) is 2.66. The topological polar surface area (TPSA) is 60.9 Å². The molecule has 6 heteroatoms. The number of carbonyl (C=O) groups excluding carboxylic acids is 1. The van der Waals surface area contributed by atoms with Gasteiger partial charge in [0.1, 0.15) is 0 Å². The van der Waals surface area contributed by atoms with E-state index in [1.165, 1.54) is 4.88 Å². The van der Waals surface area contributed by atoms with Gasteiger partial charge in [0.2, 0.25) is 0 Å². The molecule has 0 aliphatic heterocycles. The Balaban J connectivity index is 2.63. The number of urea groups is 1. The number of thiophene rings is 1. The Bertz CT molecular complexity index is 466. The Kier molecular flexibility index (Phi) is 6.20. The number of nitrogens with zero attached hydrogens (tertiary/aromatic N) is 2. The third kappa shape index (κ3) is 5.75. The lowest BCUT2D eigenvalue weighted by molar-refractivity contribution is -0.137.